The highest BCUT2D eigenvalue weighted by Crippen LogP contribution is 2.21. The van der Waals surface area contributed by atoms with Crippen LogP contribution >= 0.6 is 0 Å². The largest absolute Gasteiger partial charge is 0.452 e. The van der Waals surface area contributed by atoms with Gasteiger partial charge in [0.2, 0.25) is 10.0 Å². The van der Waals surface area contributed by atoms with Gasteiger partial charge in [-0.2, -0.15) is 4.31 Å². The molecule has 0 aliphatic carbocycles. The zero-order valence-electron chi connectivity index (χ0n) is 12.7. The Bertz CT molecular complexity index is 733. The van der Waals surface area contributed by atoms with Gasteiger partial charge in [0.1, 0.15) is 10.7 Å². The quantitative estimate of drug-likeness (QED) is 0.724. The van der Waals surface area contributed by atoms with Crippen molar-refractivity contribution in [1.29, 1.82) is 0 Å². The van der Waals surface area contributed by atoms with Crippen molar-refractivity contribution in [2.24, 2.45) is 0 Å². The van der Waals surface area contributed by atoms with E-state index in [4.69, 9.17) is 4.74 Å². The number of amides is 2. The lowest BCUT2D eigenvalue weighted by Crippen LogP contribution is -2.42. The van der Waals surface area contributed by atoms with E-state index >= 15 is 0 Å². The normalized spacial score (nSPS) is 15.6. The molecule has 1 aromatic carbocycles. The first kappa shape index (κ1) is 18.1. The van der Waals surface area contributed by atoms with Gasteiger partial charge in [0.05, 0.1) is 20.3 Å². The van der Waals surface area contributed by atoms with Crippen LogP contribution in [0.2, 0.25) is 0 Å². The van der Waals surface area contributed by atoms with Crippen LogP contribution < -0.4 is 10.9 Å². The molecule has 1 saturated heterocycles. The molecular weight excluding hydrogens is 345 g/mol. The number of sulfonamides is 1. The molecule has 11 heteroatoms. The standard InChI is InChI=1S/C13H16FN3O6S/c1-22-13(19)16-15-12(18)9-2-3-10(14)11(8-9)24(20,21)17-4-6-23-7-5-17/h2-3,8H,4-7H2,1H3,(H,15,18)(H,16,19). The first-order chi connectivity index (χ1) is 11.4. The summed E-state index contributed by atoms with van der Waals surface area (Å²) in [6, 6.07) is 2.89. The monoisotopic (exact) mass is 361 g/mol. The summed E-state index contributed by atoms with van der Waals surface area (Å²) >= 11 is 0. The van der Waals surface area contributed by atoms with E-state index in [0.717, 1.165) is 29.6 Å². The number of carbonyl (C=O) groups excluding carboxylic acids is 2. The van der Waals surface area contributed by atoms with E-state index in [1.807, 2.05) is 10.9 Å². The number of methoxy groups -OCH3 is 1. The van der Waals surface area contributed by atoms with Crippen molar-refractivity contribution in [2.45, 2.75) is 4.90 Å². The average molecular weight is 361 g/mol. The molecule has 0 aromatic heterocycles. The average Bonchev–Trinajstić information content (AvgIpc) is 2.60. The van der Waals surface area contributed by atoms with Gasteiger partial charge in [0.25, 0.3) is 5.91 Å². The predicted molar refractivity (Wildman–Crippen MR) is 79.0 cm³/mol. The molecule has 1 fully saturated rings. The number of hydrogen-bond donors (Lipinski definition) is 2. The molecule has 24 heavy (non-hydrogen) atoms. The summed E-state index contributed by atoms with van der Waals surface area (Å²) in [6.45, 7) is 0.623. The number of nitrogens with zero attached hydrogens (tertiary/aromatic N) is 1. The molecule has 1 heterocycles. The van der Waals surface area contributed by atoms with Crippen molar-refractivity contribution >= 4 is 22.0 Å². The van der Waals surface area contributed by atoms with E-state index in [1.54, 1.807) is 0 Å². The predicted octanol–water partition coefficient (Wildman–Crippen LogP) is -0.153. The van der Waals surface area contributed by atoms with E-state index in [-0.39, 0.29) is 31.9 Å². The summed E-state index contributed by atoms with van der Waals surface area (Å²) in [5.41, 5.74) is 3.81. The first-order valence-corrected chi connectivity index (χ1v) is 8.32. The minimum Gasteiger partial charge on any atom is -0.452 e. The van der Waals surface area contributed by atoms with Crippen LogP contribution in [-0.2, 0) is 19.5 Å². The van der Waals surface area contributed by atoms with Gasteiger partial charge < -0.3 is 9.47 Å². The molecule has 1 aliphatic heterocycles. The Morgan fingerprint density at radius 1 is 1.25 bits per heavy atom. The van der Waals surface area contributed by atoms with Gasteiger partial charge in [-0.05, 0) is 18.2 Å². The topological polar surface area (TPSA) is 114 Å². The third kappa shape index (κ3) is 3.99. The van der Waals surface area contributed by atoms with Crippen LogP contribution in [-0.4, -0.2) is 58.1 Å². The molecule has 0 atom stereocenters. The summed E-state index contributed by atoms with van der Waals surface area (Å²) in [5.74, 6) is -1.79. The Kier molecular flexibility index (Phi) is 5.70. The lowest BCUT2D eigenvalue weighted by molar-refractivity contribution is 0.0729. The fourth-order valence-electron chi connectivity index (χ4n) is 2.00. The highest BCUT2D eigenvalue weighted by Gasteiger charge is 2.29. The Labute approximate surface area is 137 Å². The maximum absolute atomic E-state index is 14.0. The van der Waals surface area contributed by atoms with Gasteiger partial charge in [-0.15, -0.1) is 0 Å². The molecule has 1 aromatic rings. The zero-order chi connectivity index (χ0) is 17.7. The molecule has 0 saturated carbocycles. The van der Waals surface area contributed by atoms with Crippen LogP contribution in [0.25, 0.3) is 0 Å². The number of benzene rings is 1. The molecule has 2 N–H and O–H groups in total. The summed E-state index contributed by atoms with van der Waals surface area (Å²) in [6.07, 6.45) is -0.911. The van der Waals surface area contributed by atoms with Crippen molar-refractivity contribution in [3.63, 3.8) is 0 Å². The number of carbonyl (C=O) groups is 2. The van der Waals surface area contributed by atoms with Crippen molar-refractivity contribution in [3.8, 4) is 0 Å². The van der Waals surface area contributed by atoms with E-state index < -0.39 is 32.7 Å². The van der Waals surface area contributed by atoms with Crippen LogP contribution in [0, 0.1) is 5.82 Å². The molecule has 0 spiro atoms. The highest BCUT2D eigenvalue weighted by molar-refractivity contribution is 7.89. The molecule has 1 aliphatic rings. The van der Waals surface area contributed by atoms with E-state index in [9.17, 15) is 22.4 Å². The summed E-state index contributed by atoms with van der Waals surface area (Å²) in [4.78, 5) is 22.2. The summed E-state index contributed by atoms with van der Waals surface area (Å²) in [7, 11) is -2.99. The molecule has 2 amide bonds. The molecule has 0 bridgehead atoms. The summed E-state index contributed by atoms with van der Waals surface area (Å²) in [5, 5.41) is 0. The summed E-state index contributed by atoms with van der Waals surface area (Å²) < 4.78 is 49.4. The maximum Gasteiger partial charge on any atom is 0.425 e. The fourth-order valence-corrected chi connectivity index (χ4v) is 3.50. The number of hydrogen-bond acceptors (Lipinski definition) is 6. The van der Waals surface area contributed by atoms with Gasteiger partial charge in [0.15, 0.2) is 0 Å². The lowest BCUT2D eigenvalue weighted by Gasteiger charge is -2.26. The second-order valence-corrected chi connectivity index (χ2v) is 6.64. The van der Waals surface area contributed by atoms with Crippen LogP contribution in [0.1, 0.15) is 10.4 Å². The molecule has 132 valence electrons. The van der Waals surface area contributed by atoms with Crippen LogP contribution in [0.4, 0.5) is 9.18 Å². The zero-order valence-corrected chi connectivity index (χ0v) is 13.6. The Morgan fingerprint density at radius 3 is 2.54 bits per heavy atom. The number of nitrogens with one attached hydrogen (secondary N) is 2. The molecule has 0 radical (unpaired) electrons. The van der Waals surface area contributed by atoms with Crippen molar-refractivity contribution < 1.29 is 31.9 Å². The van der Waals surface area contributed by atoms with Gasteiger partial charge in [-0.25, -0.2) is 23.0 Å². The van der Waals surface area contributed by atoms with E-state index in [0.29, 0.717) is 0 Å². The smallest absolute Gasteiger partial charge is 0.425 e. The fraction of sp³-hybridized carbons (Fsp3) is 0.385. The number of halogens is 1. The number of morpholine rings is 1. The first-order valence-electron chi connectivity index (χ1n) is 6.88. The SMILES string of the molecule is COC(=O)NNC(=O)c1ccc(F)c(S(=O)(=O)N2CCOCC2)c1. The Hall–Kier alpha value is -2.24. The van der Waals surface area contributed by atoms with Gasteiger partial charge in [0, 0.05) is 18.7 Å². The van der Waals surface area contributed by atoms with Crippen molar-refractivity contribution in [1.82, 2.24) is 15.2 Å². The maximum atomic E-state index is 14.0. The second-order valence-electron chi connectivity index (χ2n) is 4.73. The molecule has 0 unspecified atom stereocenters. The Morgan fingerprint density at radius 2 is 1.92 bits per heavy atom. The minimum atomic E-state index is -4.10. The van der Waals surface area contributed by atoms with Gasteiger partial charge in [-0.1, -0.05) is 0 Å². The van der Waals surface area contributed by atoms with E-state index in [2.05, 4.69) is 4.74 Å². The van der Waals surface area contributed by atoms with Crippen LogP contribution in [0.3, 0.4) is 0 Å². The number of ether oxygens (including phenoxy) is 2. The highest BCUT2D eigenvalue weighted by atomic mass is 32.2. The second kappa shape index (κ2) is 7.55. The number of hydrazine groups is 1. The molecule has 9 nitrogen and oxygen atoms in total. The Balaban J connectivity index is 2.24. The van der Waals surface area contributed by atoms with Crippen LogP contribution in [0.5, 0.6) is 0 Å². The third-order valence-corrected chi connectivity index (χ3v) is 5.16. The van der Waals surface area contributed by atoms with Crippen molar-refractivity contribution in [2.75, 3.05) is 33.4 Å². The third-order valence-electron chi connectivity index (χ3n) is 3.24. The van der Waals surface area contributed by atoms with Crippen LogP contribution in [0.15, 0.2) is 23.1 Å². The number of rotatable bonds is 3. The molecule has 2 rings (SSSR count). The minimum absolute atomic E-state index is 0.0993. The van der Waals surface area contributed by atoms with Gasteiger partial charge in [-0.3, -0.25) is 10.2 Å². The van der Waals surface area contributed by atoms with Crippen molar-refractivity contribution in [3.05, 3.63) is 29.6 Å². The van der Waals surface area contributed by atoms with Gasteiger partial charge >= 0.3 is 6.09 Å². The lowest BCUT2D eigenvalue weighted by atomic mass is 10.2. The molecular formula is C13H16FN3O6S. The van der Waals surface area contributed by atoms with E-state index in [1.165, 1.54) is 0 Å².